The van der Waals surface area contributed by atoms with Crippen LogP contribution < -0.4 is 4.89 Å². The van der Waals surface area contributed by atoms with Gasteiger partial charge in [-0.2, -0.15) is 0 Å². The van der Waals surface area contributed by atoms with E-state index in [1.165, 1.54) is 77.0 Å². The van der Waals surface area contributed by atoms with Crippen molar-refractivity contribution < 1.29 is 37.3 Å². The van der Waals surface area contributed by atoms with Crippen LogP contribution in [-0.4, -0.2) is 64.1 Å². The number of phosphoric acid groups is 1. The van der Waals surface area contributed by atoms with Crippen molar-refractivity contribution in [2.24, 2.45) is 0 Å². The molecule has 0 spiro atoms. The summed E-state index contributed by atoms with van der Waals surface area (Å²) in [6.45, 7) is 2.79. The van der Waals surface area contributed by atoms with Crippen LogP contribution in [0.4, 0.5) is 0 Å². The lowest BCUT2D eigenvalue weighted by Crippen LogP contribution is -2.37. The summed E-state index contributed by atoms with van der Waals surface area (Å²) in [5.41, 5.74) is 0.972. The van der Waals surface area contributed by atoms with Crippen LogP contribution in [0, 0.1) is 0 Å². The minimum Gasteiger partial charge on any atom is -0.756 e. The van der Waals surface area contributed by atoms with Crippen LogP contribution in [0.5, 0.6) is 0 Å². The van der Waals surface area contributed by atoms with E-state index in [2.05, 4.69) is 6.92 Å². The Morgan fingerprint density at radius 2 is 1.31 bits per heavy atom. The van der Waals surface area contributed by atoms with Gasteiger partial charge in [0.2, 0.25) is 0 Å². The molecule has 1 aromatic carbocycles. The molecule has 1 aromatic rings. The molecule has 0 aromatic heterocycles. The van der Waals surface area contributed by atoms with Crippen molar-refractivity contribution in [1.29, 1.82) is 0 Å². The molecule has 0 aliphatic rings. The SMILES string of the molecule is CCCCCCCCCCCCCCCCCC(=O)O[C@H](COCc1ccccc1)COP(=O)([O-])OCC[N+](C)(C)C. The molecule has 0 aliphatic carbocycles. The first-order chi connectivity index (χ1) is 20.1. The van der Waals surface area contributed by atoms with Gasteiger partial charge in [-0.25, -0.2) is 0 Å². The van der Waals surface area contributed by atoms with Crippen LogP contribution in [-0.2, 0) is 34.5 Å². The second kappa shape index (κ2) is 24.1. The highest BCUT2D eigenvalue weighted by Gasteiger charge is 2.20. The lowest BCUT2D eigenvalue weighted by Gasteiger charge is -2.28. The fourth-order valence-electron chi connectivity index (χ4n) is 4.52. The van der Waals surface area contributed by atoms with Crippen LogP contribution in [0.1, 0.15) is 115 Å². The number of unbranched alkanes of at least 4 members (excludes halogenated alkanes) is 14. The lowest BCUT2D eigenvalue weighted by atomic mass is 10.0. The molecule has 1 rings (SSSR count). The molecule has 0 fully saturated rings. The molecule has 0 heterocycles. The van der Waals surface area contributed by atoms with Crippen molar-refractivity contribution in [3.8, 4) is 0 Å². The zero-order valence-corrected chi connectivity index (χ0v) is 28.0. The van der Waals surface area contributed by atoms with Gasteiger partial charge in [-0.3, -0.25) is 9.36 Å². The molecule has 0 amide bonds. The summed E-state index contributed by atoms with van der Waals surface area (Å²) in [4.78, 5) is 24.7. The van der Waals surface area contributed by atoms with Crippen LogP contribution >= 0.6 is 7.82 Å². The van der Waals surface area contributed by atoms with E-state index in [0.29, 0.717) is 24.1 Å². The molecule has 42 heavy (non-hydrogen) atoms. The molecule has 0 radical (unpaired) electrons. The second-order valence-electron chi connectivity index (χ2n) is 12.4. The van der Waals surface area contributed by atoms with Gasteiger partial charge in [0.1, 0.15) is 19.3 Å². The normalized spacial score (nSPS) is 14.0. The van der Waals surface area contributed by atoms with E-state index in [9.17, 15) is 14.3 Å². The summed E-state index contributed by atoms with van der Waals surface area (Å²) in [5, 5.41) is 0. The van der Waals surface area contributed by atoms with Crippen molar-refractivity contribution in [1.82, 2.24) is 0 Å². The van der Waals surface area contributed by atoms with Gasteiger partial charge < -0.3 is 27.9 Å². The number of phosphoric ester groups is 1. The van der Waals surface area contributed by atoms with Crippen LogP contribution in [0.25, 0.3) is 0 Å². The monoisotopic (exact) mass is 613 g/mol. The number of carbonyl (C=O) groups is 1. The molecule has 0 aliphatic heterocycles. The highest BCUT2D eigenvalue weighted by molar-refractivity contribution is 7.45. The lowest BCUT2D eigenvalue weighted by molar-refractivity contribution is -0.870. The minimum absolute atomic E-state index is 0.0123. The van der Waals surface area contributed by atoms with E-state index >= 15 is 0 Å². The Labute approximate surface area is 256 Å². The van der Waals surface area contributed by atoms with Gasteiger partial charge >= 0.3 is 5.97 Å². The van der Waals surface area contributed by atoms with Gasteiger partial charge in [0, 0.05) is 6.42 Å². The van der Waals surface area contributed by atoms with E-state index in [-0.39, 0.29) is 25.8 Å². The Morgan fingerprint density at radius 3 is 1.83 bits per heavy atom. The highest BCUT2D eigenvalue weighted by Crippen LogP contribution is 2.38. The quantitative estimate of drug-likeness (QED) is 0.0416. The predicted molar refractivity (Wildman–Crippen MR) is 168 cm³/mol. The van der Waals surface area contributed by atoms with Crippen molar-refractivity contribution >= 4 is 13.8 Å². The van der Waals surface area contributed by atoms with E-state index in [1.54, 1.807) is 0 Å². The Balaban J connectivity index is 2.26. The van der Waals surface area contributed by atoms with Gasteiger partial charge in [0.15, 0.2) is 0 Å². The van der Waals surface area contributed by atoms with Crippen molar-refractivity contribution in [3.05, 3.63) is 35.9 Å². The molecule has 9 heteroatoms. The van der Waals surface area contributed by atoms with E-state index < -0.39 is 13.9 Å². The maximum absolute atomic E-state index is 12.5. The fourth-order valence-corrected chi connectivity index (χ4v) is 5.25. The second-order valence-corrected chi connectivity index (χ2v) is 13.8. The average molecular weight is 614 g/mol. The van der Waals surface area contributed by atoms with Gasteiger partial charge in [0.05, 0.1) is 41.0 Å². The van der Waals surface area contributed by atoms with Gasteiger partial charge in [-0.15, -0.1) is 0 Å². The third-order valence-electron chi connectivity index (χ3n) is 7.13. The number of hydrogen-bond acceptors (Lipinski definition) is 7. The largest absolute Gasteiger partial charge is 0.756 e. The van der Waals surface area contributed by atoms with E-state index in [1.807, 2.05) is 51.5 Å². The Morgan fingerprint density at radius 1 is 0.786 bits per heavy atom. The van der Waals surface area contributed by atoms with Crippen molar-refractivity contribution in [2.75, 3.05) is 47.5 Å². The Hall–Kier alpha value is -1.28. The van der Waals surface area contributed by atoms with E-state index in [0.717, 1.165) is 24.8 Å². The highest BCUT2D eigenvalue weighted by atomic mass is 31.2. The minimum atomic E-state index is -4.53. The zero-order chi connectivity index (χ0) is 30.9. The third kappa shape index (κ3) is 24.2. The number of esters is 1. The number of benzene rings is 1. The average Bonchev–Trinajstić information content (AvgIpc) is 2.93. The number of carbonyl (C=O) groups excluding carboxylic acids is 1. The first-order valence-electron chi connectivity index (χ1n) is 16.3. The van der Waals surface area contributed by atoms with Crippen LogP contribution in [0.15, 0.2) is 30.3 Å². The maximum Gasteiger partial charge on any atom is 0.306 e. The van der Waals surface area contributed by atoms with Gasteiger partial charge in [-0.05, 0) is 12.0 Å². The van der Waals surface area contributed by atoms with Crippen molar-refractivity contribution in [3.63, 3.8) is 0 Å². The van der Waals surface area contributed by atoms with Crippen LogP contribution in [0.3, 0.4) is 0 Å². The first-order valence-corrected chi connectivity index (χ1v) is 17.8. The summed E-state index contributed by atoms with van der Waals surface area (Å²) in [6, 6.07) is 9.61. The molecule has 1 unspecified atom stereocenters. The smallest absolute Gasteiger partial charge is 0.306 e. The molecule has 0 saturated carbocycles. The number of rotatable bonds is 28. The number of hydrogen-bond donors (Lipinski definition) is 0. The molecular formula is C33H60NO7P. The van der Waals surface area contributed by atoms with Crippen LogP contribution in [0.2, 0.25) is 0 Å². The van der Waals surface area contributed by atoms with Gasteiger partial charge in [0.25, 0.3) is 7.82 Å². The zero-order valence-electron chi connectivity index (χ0n) is 27.1. The summed E-state index contributed by atoms with van der Waals surface area (Å²) in [7, 11) is 1.30. The maximum atomic E-state index is 12.5. The Bertz CT molecular complexity index is 831. The summed E-state index contributed by atoms with van der Waals surface area (Å²) in [6.07, 6.45) is 18.3. The van der Waals surface area contributed by atoms with E-state index in [4.69, 9.17) is 18.5 Å². The van der Waals surface area contributed by atoms with Crippen molar-refractivity contribution in [2.45, 2.75) is 122 Å². The summed E-state index contributed by atoms with van der Waals surface area (Å²) in [5.74, 6) is -0.367. The summed E-state index contributed by atoms with van der Waals surface area (Å²) < 4.78 is 34.1. The molecule has 244 valence electrons. The standard InChI is InChI=1S/C33H60NO7P/c1-5-6-7-8-9-10-11-12-13-14-15-16-17-18-22-25-33(35)41-32(29-38-28-31-23-20-19-21-24-31)30-40-42(36,37)39-27-26-34(2,3)4/h19-21,23-24,32H,5-18,22,25-30H2,1-4H3/t32-/m1/s1. The topological polar surface area (TPSA) is 94.1 Å². The third-order valence-corrected chi connectivity index (χ3v) is 8.09. The fraction of sp³-hybridized carbons (Fsp3) is 0.788. The number of ether oxygens (including phenoxy) is 2. The molecule has 0 bridgehead atoms. The summed E-state index contributed by atoms with van der Waals surface area (Å²) >= 11 is 0. The number of nitrogens with zero attached hydrogens (tertiary/aromatic N) is 1. The molecular weight excluding hydrogens is 553 g/mol. The number of likely N-dealkylation sites (N-methyl/N-ethyl adjacent to an activating group) is 1. The first kappa shape index (κ1) is 38.7. The molecule has 0 N–H and O–H groups in total. The van der Waals surface area contributed by atoms with Gasteiger partial charge in [-0.1, -0.05) is 127 Å². The molecule has 2 atom stereocenters. The molecule has 0 saturated heterocycles. The Kier molecular flexibility index (Phi) is 22.2. The number of quaternary nitrogens is 1. The molecule has 8 nitrogen and oxygen atoms in total. The predicted octanol–water partition coefficient (Wildman–Crippen LogP) is 7.58.